The Labute approximate surface area is 104 Å². The number of methoxy groups -OCH3 is 1. The topological polar surface area (TPSA) is 66.9 Å². The second-order valence-corrected chi connectivity index (χ2v) is 4.05. The van der Waals surface area contributed by atoms with Gasteiger partial charge in [0.1, 0.15) is 5.82 Å². The van der Waals surface area contributed by atoms with Crippen LogP contribution >= 0.6 is 11.6 Å². The van der Waals surface area contributed by atoms with Crippen molar-refractivity contribution in [1.29, 1.82) is 0 Å². The highest BCUT2D eigenvalue weighted by atomic mass is 35.5. The summed E-state index contributed by atoms with van der Waals surface area (Å²) < 4.78 is 5.02. The maximum atomic E-state index is 5.86. The molecule has 0 unspecified atom stereocenters. The Hall–Kier alpha value is -1.40. The molecule has 92 valence electrons. The fourth-order valence-corrected chi connectivity index (χ4v) is 1.80. The molecule has 0 amide bonds. The number of rotatable bonds is 5. The van der Waals surface area contributed by atoms with Crippen LogP contribution in [0.2, 0.25) is 5.28 Å². The van der Waals surface area contributed by atoms with E-state index in [4.69, 9.17) is 16.3 Å². The molecular weight excluding hydrogens is 242 g/mol. The third kappa shape index (κ3) is 2.65. The molecule has 0 saturated heterocycles. The standard InChI is InChI=1S/C10H14ClN5O/c1-16(4-3-5-17-2)9-7-6-12-15-8(7)13-10(11)14-9/h6H,3-5H2,1-2H3,(H,12,13,14,15). The highest BCUT2D eigenvalue weighted by Gasteiger charge is 2.11. The third-order valence-corrected chi connectivity index (χ3v) is 2.63. The fraction of sp³-hybridized carbons (Fsp3) is 0.500. The summed E-state index contributed by atoms with van der Waals surface area (Å²) in [4.78, 5) is 10.3. The van der Waals surface area contributed by atoms with E-state index in [0.29, 0.717) is 5.65 Å². The van der Waals surface area contributed by atoms with E-state index in [1.54, 1.807) is 13.3 Å². The van der Waals surface area contributed by atoms with Gasteiger partial charge in [-0.3, -0.25) is 5.10 Å². The number of halogens is 1. The number of nitrogens with zero attached hydrogens (tertiary/aromatic N) is 4. The van der Waals surface area contributed by atoms with Crippen LogP contribution in [0.15, 0.2) is 6.20 Å². The molecule has 0 aliphatic carbocycles. The van der Waals surface area contributed by atoms with Gasteiger partial charge in [0.25, 0.3) is 0 Å². The monoisotopic (exact) mass is 255 g/mol. The van der Waals surface area contributed by atoms with Gasteiger partial charge in [-0.1, -0.05) is 0 Å². The van der Waals surface area contributed by atoms with Gasteiger partial charge in [-0.25, -0.2) is 0 Å². The summed E-state index contributed by atoms with van der Waals surface area (Å²) >= 11 is 5.86. The van der Waals surface area contributed by atoms with Gasteiger partial charge in [-0.2, -0.15) is 15.1 Å². The minimum absolute atomic E-state index is 0.218. The summed E-state index contributed by atoms with van der Waals surface area (Å²) in [6.45, 7) is 1.55. The summed E-state index contributed by atoms with van der Waals surface area (Å²) in [5.41, 5.74) is 0.651. The Morgan fingerprint density at radius 1 is 1.47 bits per heavy atom. The highest BCUT2D eigenvalue weighted by molar-refractivity contribution is 6.28. The Kier molecular flexibility index (Phi) is 3.75. The molecule has 0 fully saturated rings. The fourth-order valence-electron chi connectivity index (χ4n) is 1.64. The van der Waals surface area contributed by atoms with E-state index < -0.39 is 0 Å². The smallest absolute Gasteiger partial charge is 0.226 e. The molecule has 2 aromatic rings. The molecule has 2 aromatic heterocycles. The number of H-pyrrole nitrogens is 1. The lowest BCUT2D eigenvalue weighted by atomic mass is 10.3. The van der Waals surface area contributed by atoms with Crippen LogP contribution in [0, 0.1) is 0 Å². The van der Waals surface area contributed by atoms with Gasteiger partial charge >= 0.3 is 0 Å². The van der Waals surface area contributed by atoms with E-state index in [9.17, 15) is 0 Å². The first-order valence-electron chi connectivity index (χ1n) is 5.29. The lowest BCUT2D eigenvalue weighted by molar-refractivity contribution is 0.196. The molecule has 0 aliphatic rings. The van der Waals surface area contributed by atoms with Crippen molar-refractivity contribution in [3.8, 4) is 0 Å². The molecule has 0 spiro atoms. The molecule has 1 N–H and O–H groups in total. The van der Waals surface area contributed by atoms with Crippen LogP contribution in [0.1, 0.15) is 6.42 Å². The van der Waals surface area contributed by atoms with Crippen molar-refractivity contribution in [1.82, 2.24) is 20.2 Å². The summed E-state index contributed by atoms with van der Waals surface area (Å²) in [6, 6.07) is 0. The van der Waals surface area contributed by atoms with E-state index in [2.05, 4.69) is 20.2 Å². The quantitative estimate of drug-likeness (QED) is 0.648. The van der Waals surface area contributed by atoms with Crippen molar-refractivity contribution in [2.45, 2.75) is 6.42 Å². The third-order valence-electron chi connectivity index (χ3n) is 2.47. The zero-order valence-corrected chi connectivity index (χ0v) is 10.5. The van der Waals surface area contributed by atoms with Gasteiger partial charge in [0.05, 0.1) is 11.6 Å². The van der Waals surface area contributed by atoms with Crippen LogP contribution in [-0.2, 0) is 4.74 Å². The van der Waals surface area contributed by atoms with Gasteiger partial charge in [-0.05, 0) is 18.0 Å². The van der Waals surface area contributed by atoms with Crippen LogP contribution in [0.5, 0.6) is 0 Å². The number of anilines is 1. The second-order valence-electron chi connectivity index (χ2n) is 3.72. The molecule has 6 nitrogen and oxygen atoms in total. The van der Waals surface area contributed by atoms with Crippen molar-refractivity contribution in [2.75, 3.05) is 32.2 Å². The second kappa shape index (κ2) is 5.29. The molecule has 2 heterocycles. The summed E-state index contributed by atoms with van der Waals surface area (Å²) in [7, 11) is 3.65. The minimum Gasteiger partial charge on any atom is -0.385 e. The van der Waals surface area contributed by atoms with E-state index >= 15 is 0 Å². The molecule has 17 heavy (non-hydrogen) atoms. The largest absolute Gasteiger partial charge is 0.385 e. The SMILES string of the molecule is COCCCN(C)c1nc(Cl)nc2[nH]ncc12. The molecule has 0 aromatic carbocycles. The zero-order chi connectivity index (χ0) is 12.3. The number of hydrogen-bond acceptors (Lipinski definition) is 5. The molecule has 0 radical (unpaired) electrons. The van der Waals surface area contributed by atoms with Crippen molar-refractivity contribution in [2.24, 2.45) is 0 Å². The number of nitrogens with one attached hydrogen (secondary N) is 1. The number of fused-ring (bicyclic) bond motifs is 1. The number of aromatic nitrogens is 4. The lowest BCUT2D eigenvalue weighted by Gasteiger charge is -2.18. The van der Waals surface area contributed by atoms with Crippen molar-refractivity contribution in [3.63, 3.8) is 0 Å². The Morgan fingerprint density at radius 3 is 3.06 bits per heavy atom. The molecule has 7 heteroatoms. The van der Waals surface area contributed by atoms with E-state index in [-0.39, 0.29) is 5.28 Å². The van der Waals surface area contributed by atoms with Gasteiger partial charge < -0.3 is 9.64 Å². The lowest BCUT2D eigenvalue weighted by Crippen LogP contribution is -2.21. The first-order chi connectivity index (χ1) is 8.22. The summed E-state index contributed by atoms with van der Waals surface area (Å²) in [5.74, 6) is 0.782. The highest BCUT2D eigenvalue weighted by Crippen LogP contribution is 2.22. The van der Waals surface area contributed by atoms with Crippen molar-refractivity contribution < 1.29 is 4.74 Å². The molecular formula is C10H14ClN5O. The van der Waals surface area contributed by atoms with E-state index in [1.165, 1.54) is 0 Å². The van der Waals surface area contributed by atoms with Crippen LogP contribution in [0.3, 0.4) is 0 Å². The maximum absolute atomic E-state index is 5.86. The first kappa shape index (κ1) is 12.1. The Bertz CT molecular complexity index is 500. The minimum atomic E-state index is 0.218. The maximum Gasteiger partial charge on any atom is 0.226 e. The average molecular weight is 256 g/mol. The molecule has 2 rings (SSSR count). The molecule has 0 saturated carbocycles. The van der Waals surface area contributed by atoms with Crippen molar-refractivity contribution in [3.05, 3.63) is 11.5 Å². The zero-order valence-electron chi connectivity index (χ0n) is 9.77. The van der Waals surface area contributed by atoms with Gasteiger partial charge in [0.2, 0.25) is 5.28 Å². The number of hydrogen-bond donors (Lipinski definition) is 1. The van der Waals surface area contributed by atoms with Gasteiger partial charge in [-0.15, -0.1) is 0 Å². The van der Waals surface area contributed by atoms with Crippen LogP contribution in [0.4, 0.5) is 5.82 Å². The Balaban J connectivity index is 2.24. The average Bonchev–Trinajstić information content (AvgIpc) is 2.75. The van der Waals surface area contributed by atoms with Gasteiger partial charge in [0, 0.05) is 27.3 Å². The van der Waals surface area contributed by atoms with E-state index in [1.807, 2.05) is 11.9 Å². The Morgan fingerprint density at radius 2 is 2.29 bits per heavy atom. The van der Waals surface area contributed by atoms with Crippen molar-refractivity contribution >= 4 is 28.5 Å². The normalized spacial score (nSPS) is 11.0. The van der Waals surface area contributed by atoms with Crippen LogP contribution in [0.25, 0.3) is 11.0 Å². The molecule has 0 bridgehead atoms. The molecule has 0 atom stereocenters. The predicted octanol–water partition coefficient (Wildman–Crippen LogP) is 1.48. The van der Waals surface area contributed by atoms with Gasteiger partial charge in [0.15, 0.2) is 5.65 Å². The summed E-state index contributed by atoms with van der Waals surface area (Å²) in [6.07, 6.45) is 2.63. The predicted molar refractivity (Wildman–Crippen MR) is 66.5 cm³/mol. The molecule has 0 aliphatic heterocycles. The number of aromatic amines is 1. The first-order valence-corrected chi connectivity index (χ1v) is 5.67. The van der Waals surface area contributed by atoms with Crippen LogP contribution < -0.4 is 4.90 Å². The number of ether oxygens (including phenoxy) is 1. The van der Waals surface area contributed by atoms with Crippen LogP contribution in [-0.4, -0.2) is 47.5 Å². The van der Waals surface area contributed by atoms with E-state index in [0.717, 1.165) is 30.8 Å². The summed E-state index contributed by atoms with van der Waals surface area (Å²) in [5, 5.41) is 7.82.